The monoisotopic (exact) mass is 238 g/mol. The Hall–Kier alpha value is 0.470. The van der Waals surface area contributed by atoms with Crippen LogP contribution < -0.4 is 0 Å². The molecule has 0 bridgehead atoms. The quantitative estimate of drug-likeness (QED) is 0.705. The summed E-state index contributed by atoms with van der Waals surface area (Å²) in [5.41, 5.74) is 0. The zero-order chi connectivity index (χ0) is 7.40. The van der Waals surface area contributed by atoms with Crippen molar-refractivity contribution in [3.05, 3.63) is 21.3 Å². The summed E-state index contributed by atoms with van der Waals surface area (Å²) in [6.45, 7) is 0. The van der Waals surface area contributed by atoms with E-state index in [1.54, 1.807) is 11.3 Å². The highest BCUT2D eigenvalue weighted by molar-refractivity contribution is 9.09. The fourth-order valence-electron chi connectivity index (χ4n) is 0.727. The summed E-state index contributed by atoms with van der Waals surface area (Å²) in [5.74, 6) is 0. The molecular weight excluding hydrogens is 232 g/mol. The average molecular weight is 240 g/mol. The summed E-state index contributed by atoms with van der Waals surface area (Å²) in [7, 11) is 0. The van der Waals surface area contributed by atoms with Crippen LogP contribution in [-0.2, 0) is 6.42 Å². The normalized spacial score (nSPS) is 10.2. The van der Waals surface area contributed by atoms with Crippen molar-refractivity contribution < 1.29 is 0 Å². The predicted molar refractivity (Wildman–Crippen MR) is 51.4 cm³/mol. The van der Waals surface area contributed by atoms with Crippen molar-refractivity contribution >= 4 is 38.9 Å². The van der Waals surface area contributed by atoms with Gasteiger partial charge in [-0.25, -0.2) is 0 Å². The second-order valence-corrected chi connectivity index (χ2v) is 4.59. The minimum atomic E-state index is 0.893. The van der Waals surface area contributed by atoms with E-state index in [-0.39, 0.29) is 0 Å². The molecule has 1 aromatic rings. The number of aryl methyl sites for hydroxylation is 1. The first-order chi connectivity index (χ1) is 4.83. The van der Waals surface area contributed by atoms with Crippen LogP contribution in [0.3, 0.4) is 0 Å². The van der Waals surface area contributed by atoms with Gasteiger partial charge in [0.25, 0.3) is 0 Å². The molecule has 0 aliphatic rings. The van der Waals surface area contributed by atoms with E-state index < -0.39 is 0 Å². The summed E-state index contributed by atoms with van der Waals surface area (Å²) in [5, 5.41) is 1.07. The molecule has 0 aromatic carbocycles. The largest absolute Gasteiger partial charge is 0.128 e. The maximum Gasteiger partial charge on any atom is 0.0931 e. The maximum atomic E-state index is 5.75. The minimum Gasteiger partial charge on any atom is -0.128 e. The SMILES string of the molecule is Clc1ccc(CCCBr)s1. The van der Waals surface area contributed by atoms with Crippen LogP contribution in [0.1, 0.15) is 11.3 Å². The third-order valence-corrected chi connectivity index (χ3v) is 3.04. The van der Waals surface area contributed by atoms with Gasteiger partial charge in [-0.15, -0.1) is 11.3 Å². The standard InChI is InChI=1S/C7H8BrClS/c8-5-1-2-6-3-4-7(9)10-6/h3-4H,1-2,5H2. The van der Waals surface area contributed by atoms with E-state index in [9.17, 15) is 0 Å². The van der Waals surface area contributed by atoms with Gasteiger partial charge < -0.3 is 0 Å². The van der Waals surface area contributed by atoms with Gasteiger partial charge in [0.15, 0.2) is 0 Å². The van der Waals surface area contributed by atoms with Crippen molar-refractivity contribution in [1.82, 2.24) is 0 Å². The highest BCUT2D eigenvalue weighted by Crippen LogP contribution is 2.22. The predicted octanol–water partition coefficient (Wildman–Crippen LogP) is 3.73. The molecule has 0 saturated carbocycles. The first-order valence-corrected chi connectivity index (χ1v) is 5.44. The van der Waals surface area contributed by atoms with E-state index in [1.807, 2.05) is 6.07 Å². The maximum absolute atomic E-state index is 5.75. The first-order valence-electron chi connectivity index (χ1n) is 3.13. The van der Waals surface area contributed by atoms with Gasteiger partial charge in [0, 0.05) is 10.2 Å². The van der Waals surface area contributed by atoms with Crippen LogP contribution in [0.2, 0.25) is 4.34 Å². The van der Waals surface area contributed by atoms with Crippen LogP contribution in [0.25, 0.3) is 0 Å². The van der Waals surface area contributed by atoms with Gasteiger partial charge in [0.2, 0.25) is 0 Å². The van der Waals surface area contributed by atoms with E-state index in [0.29, 0.717) is 0 Å². The van der Waals surface area contributed by atoms with Crippen molar-refractivity contribution in [2.75, 3.05) is 5.33 Å². The first kappa shape index (κ1) is 8.57. The van der Waals surface area contributed by atoms with Crippen molar-refractivity contribution in [1.29, 1.82) is 0 Å². The van der Waals surface area contributed by atoms with Crippen LogP contribution in [0.5, 0.6) is 0 Å². The third-order valence-electron chi connectivity index (χ3n) is 1.19. The Morgan fingerprint density at radius 3 is 2.80 bits per heavy atom. The van der Waals surface area contributed by atoms with Gasteiger partial charge in [0.05, 0.1) is 4.34 Å². The van der Waals surface area contributed by atoms with E-state index in [1.165, 1.54) is 11.3 Å². The van der Waals surface area contributed by atoms with Crippen LogP contribution in [0, 0.1) is 0 Å². The molecule has 0 spiro atoms. The highest BCUT2D eigenvalue weighted by atomic mass is 79.9. The number of thiophene rings is 1. The number of halogens is 2. The molecule has 0 N–H and O–H groups in total. The summed E-state index contributed by atoms with van der Waals surface area (Å²) in [4.78, 5) is 1.38. The van der Waals surface area contributed by atoms with Crippen LogP contribution >= 0.6 is 38.9 Å². The molecule has 0 atom stereocenters. The zero-order valence-corrected chi connectivity index (χ0v) is 8.60. The fraction of sp³-hybridized carbons (Fsp3) is 0.429. The molecule has 1 aromatic heterocycles. The third kappa shape index (κ3) is 2.60. The lowest BCUT2D eigenvalue weighted by molar-refractivity contribution is 0.959. The molecule has 0 fully saturated rings. The van der Waals surface area contributed by atoms with E-state index in [0.717, 1.165) is 16.1 Å². The molecule has 0 radical (unpaired) electrons. The van der Waals surface area contributed by atoms with Crippen molar-refractivity contribution in [2.24, 2.45) is 0 Å². The Morgan fingerprint density at radius 1 is 1.50 bits per heavy atom. The zero-order valence-electron chi connectivity index (χ0n) is 5.44. The summed E-state index contributed by atoms with van der Waals surface area (Å²) < 4.78 is 0.893. The molecule has 0 nitrogen and oxygen atoms in total. The van der Waals surface area contributed by atoms with Crippen molar-refractivity contribution in [3.8, 4) is 0 Å². The summed E-state index contributed by atoms with van der Waals surface area (Å²) in [6, 6.07) is 4.05. The van der Waals surface area contributed by atoms with Gasteiger partial charge in [-0.2, -0.15) is 0 Å². The van der Waals surface area contributed by atoms with Gasteiger partial charge in [-0.1, -0.05) is 27.5 Å². The van der Waals surface area contributed by atoms with Crippen LogP contribution in [0.15, 0.2) is 12.1 Å². The number of hydrogen-bond donors (Lipinski definition) is 0. The topological polar surface area (TPSA) is 0 Å². The van der Waals surface area contributed by atoms with E-state index in [4.69, 9.17) is 11.6 Å². The molecule has 1 rings (SSSR count). The lowest BCUT2D eigenvalue weighted by Gasteiger charge is -1.89. The van der Waals surface area contributed by atoms with Gasteiger partial charge in [-0.3, -0.25) is 0 Å². The Balaban J connectivity index is 2.42. The second kappa shape index (κ2) is 4.37. The molecule has 0 saturated heterocycles. The smallest absolute Gasteiger partial charge is 0.0931 e. The Kier molecular flexibility index (Phi) is 3.74. The molecular formula is C7H8BrClS. The Morgan fingerprint density at radius 2 is 2.30 bits per heavy atom. The fourth-order valence-corrected chi connectivity index (χ4v) is 2.14. The van der Waals surface area contributed by atoms with Crippen molar-refractivity contribution in [3.63, 3.8) is 0 Å². The minimum absolute atomic E-state index is 0.893. The van der Waals surface area contributed by atoms with Gasteiger partial charge in [0.1, 0.15) is 0 Å². The van der Waals surface area contributed by atoms with Crippen LogP contribution in [0.4, 0.5) is 0 Å². The number of alkyl halides is 1. The van der Waals surface area contributed by atoms with Crippen LogP contribution in [-0.4, -0.2) is 5.33 Å². The molecule has 56 valence electrons. The van der Waals surface area contributed by atoms with E-state index >= 15 is 0 Å². The van der Waals surface area contributed by atoms with Crippen molar-refractivity contribution in [2.45, 2.75) is 12.8 Å². The highest BCUT2D eigenvalue weighted by Gasteiger charge is 1.95. The molecule has 3 heteroatoms. The van der Waals surface area contributed by atoms with E-state index in [2.05, 4.69) is 22.0 Å². The molecule has 10 heavy (non-hydrogen) atoms. The molecule has 0 aliphatic heterocycles. The summed E-state index contributed by atoms with van der Waals surface area (Å²) >= 11 is 10.8. The second-order valence-electron chi connectivity index (χ2n) is 2.00. The number of rotatable bonds is 3. The average Bonchev–Trinajstić information content (AvgIpc) is 2.31. The molecule has 0 amide bonds. The molecule has 0 unspecified atom stereocenters. The lowest BCUT2D eigenvalue weighted by Crippen LogP contribution is -1.78. The van der Waals surface area contributed by atoms with Gasteiger partial charge in [-0.05, 0) is 25.0 Å². The molecule has 0 aliphatic carbocycles. The summed E-state index contributed by atoms with van der Waals surface area (Å²) in [6.07, 6.45) is 2.33. The molecule has 1 heterocycles. The lowest BCUT2D eigenvalue weighted by atomic mass is 10.3. The van der Waals surface area contributed by atoms with Gasteiger partial charge >= 0.3 is 0 Å². The number of hydrogen-bond acceptors (Lipinski definition) is 1. The Bertz CT molecular complexity index is 197. The Labute approximate surface area is 78.3 Å².